The van der Waals surface area contributed by atoms with Crippen LogP contribution < -0.4 is 5.73 Å². The van der Waals surface area contributed by atoms with E-state index in [9.17, 15) is 8.42 Å². The maximum Gasteiger partial charge on any atom is 0.253 e. The molecule has 1 aliphatic heterocycles. The van der Waals surface area contributed by atoms with Crippen LogP contribution in [0.3, 0.4) is 0 Å². The zero-order valence-corrected chi connectivity index (χ0v) is 13.7. The highest BCUT2D eigenvalue weighted by Gasteiger charge is 2.42. The molecule has 1 saturated carbocycles. The molecule has 1 unspecified atom stereocenters. The molecule has 4 nitrogen and oxygen atoms in total. The van der Waals surface area contributed by atoms with Crippen molar-refractivity contribution in [1.29, 1.82) is 0 Å². The highest BCUT2D eigenvalue weighted by atomic mass is 79.9. The smallest absolute Gasteiger partial charge is 0.253 e. The van der Waals surface area contributed by atoms with Crippen molar-refractivity contribution in [3.8, 4) is 0 Å². The van der Waals surface area contributed by atoms with Gasteiger partial charge in [0, 0.05) is 23.6 Å². The third-order valence-corrected chi connectivity index (χ3v) is 8.69. The van der Waals surface area contributed by atoms with E-state index in [1.807, 2.05) is 0 Å². The lowest BCUT2D eigenvalue weighted by Crippen LogP contribution is -2.32. The lowest BCUT2D eigenvalue weighted by Gasteiger charge is -2.28. The molecule has 2 N–H and O–H groups in total. The second-order valence-corrected chi connectivity index (χ2v) is 9.37. The lowest BCUT2D eigenvalue weighted by molar-refractivity contribution is 0.271. The van der Waals surface area contributed by atoms with Crippen molar-refractivity contribution in [2.75, 3.05) is 13.1 Å². The SMILES string of the molecule is NC1CC[C@@H]2CN(S(=O)(=O)c3sccc3Br)C[C@@H]2C1. The molecule has 106 valence electrons. The van der Waals surface area contributed by atoms with Crippen LogP contribution in [0.4, 0.5) is 0 Å². The predicted molar refractivity (Wildman–Crippen MR) is 79.6 cm³/mol. The van der Waals surface area contributed by atoms with Gasteiger partial charge in [-0.1, -0.05) is 0 Å². The molecule has 0 spiro atoms. The maximum atomic E-state index is 12.6. The Hall–Kier alpha value is 0.0500. The molecule has 1 aliphatic carbocycles. The highest BCUT2D eigenvalue weighted by Crippen LogP contribution is 2.39. The Morgan fingerprint density at radius 3 is 2.74 bits per heavy atom. The number of fused-ring (bicyclic) bond motifs is 1. The minimum atomic E-state index is -3.34. The Bertz CT molecular complexity index is 572. The largest absolute Gasteiger partial charge is 0.328 e. The van der Waals surface area contributed by atoms with Crippen molar-refractivity contribution in [3.05, 3.63) is 15.9 Å². The van der Waals surface area contributed by atoms with Crippen molar-refractivity contribution in [2.24, 2.45) is 17.6 Å². The number of nitrogens with zero attached hydrogens (tertiary/aromatic N) is 1. The average molecular weight is 365 g/mol. The molecular formula is C12H17BrN2O2S2. The van der Waals surface area contributed by atoms with Crippen LogP contribution in [0.25, 0.3) is 0 Å². The Labute approximate surface area is 126 Å². The summed E-state index contributed by atoms with van der Waals surface area (Å²) in [5, 5.41) is 1.80. The summed E-state index contributed by atoms with van der Waals surface area (Å²) in [6.07, 6.45) is 3.05. The first-order valence-electron chi connectivity index (χ1n) is 6.47. The van der Waals surface area contributed by atoms with Crippen LogP contribution in [0.5, 0.6) is 0 Å². The average Bonchev–Trinajstić information content (AvgIpc) is 2.94. The van der Waals surface area contributed by atoms with E-state index in [0.717, 1.165) is 19.3 Å². The van der Waals surface area contributed by atoms with Gasteiger partial charge in [0.15, 0.2) is 0 Å². The van der Waals surface area contributed by atoms with Crippen molar-refractivity contribution >= 4 is 37.3 Å². The van der Waals surface area contributed by atoms with Crippen LogP contribution in [0.1, 0.15) is 19.3 Å². The van der Waals surface area contributed by atoms with Crippen LogP contribution in [0.15, 0.2) is 20.1 Å². The zero-order valence-electron chi connectivity index (χ0n) is 10.5. The van der Waals surface area contributed by atoms with Crippen molar-refractivity contribution in [3.63, 3.8) is 0 Å². The first-order chi connectivity index (χ1) is 8.98. The number of nitrogens with two attached hydrogens (primary N) is 1. The molecule has 1 aromatic heterocycles. The van der Waals surface area contributed by atoms with Gasteiger partial charge in [-0.3, -0.25) is 0 Å². The summed E-state index contributed by atoms with van der Waals surface area (Å²) in [6.45, 7) is 1.29. The van der Waals surface area contributed by atoms with Gasteiger partial charge in [-0.05, 0) is 58.5 Å². The molecule has 19 heavy (non-hydrogen) atoms. The number of thiophene rings is 1. The monoisotopic (exact) mass is 364 g/mol. The maximum absolute atomic E-state index is 12.6. The first kappa shape index (κ1) is 14.0. The molecule has 2 heterocycles. The summed E-state index contributed by atoms with van der Waals surface area (Å²) in [6, 6.07) is 2.04. The van der Waals surface area contributed by atoms with Crippen molar-refractivity contribution < 1.29 is 8.42 Å². The molecule has 1 aromatic rings. The van der Waals surface area contributed by atoms with E-state index in [-0.39, 0.29) is 6.04 Å². The number of hydrogen-bond acceptors (Lipinski definition) is 4. The van der Waals surface area contributed by atoms with Gasteiger partial charge in [0.25, 0.3) is 10.0 Å². The first-order valence-corrected chi connectivity index (χ1v) is 9.58. The quantitative estimate of drug-likeness (QED) is 0.875. The normalized spacial score (nSPS) is 32.4. The molecular weight excluding hydrogens is 348 g/mol. The molecule has 0 radical (unpaired) electrons. The minimum absolute atomic E-state index is 0.248. The van der Waals surface area contributed by atoms with Gasteiger partial charge in [0.1, 0.15) is 4.21 Å². The Balaban J connectivity index is 1.83. The zero-order chi connectivity index (χ0) is 13.6. The summed E-state index contributed by atoms with van der Waals surface area (Å²) in [4.78, 5) is 0. The van der Waals surface area contributed by atoms with Gasteiger partial charge in [0.2, 0.25) is 0 Å². The molecule has 3 rings (SSSR count). The minimum Gasteiger partial charge on any atom is -0.328 e. The van der Waals surface area contributed by atoms with E-state index < -0.39 is 10.0 Å². The van der Waals surface area contributed by atoms with E-state index in [1.54, 1.807) is 15.8 Å². The summed E-state index contributed by atoms with van der Waals surface area (Å²) < 4.78 is 28.0. The summed E-state index contributed by atoms with van der Waals surface area (Å²) in [5.74, 6) is 0.936. The summed E-state index contributed by atoms with van der Waals surface area (Å²) >= 11 is 4.60. The van der Waals surface area contributed by atoms with E-state index >= 15 is 0 Å². The Morgan fingerprint density at radius 1 is 1.32 bits per heavy atom. The molecule has 0 aromatic carbocycles. The van der Waals surface area contributed by atoms with Crippen molar-refractivity contribution in [1.82, 2.24) is 4.31 Å². The van der Waals surface area contributed by atoms with E-state index in [2.05, 4.69) is 15.9 Å². The molecule has 7 heteroatoms. The van der Waals surface area contributed by atoms with Gasteiger partial charge in [-0.25, -0.2) is 8.42 Å². The van der Waals surface area contributed by atoms with Crippen LogP contribution in [-0.2, 0) is 10.0 Å². The topological polar surface area (TPSA) is 63.4 Å². The standard InChI is InChI=1S/C12H17BrN2O2S2/c13-11-3-4-18-12(11)19(16,17)15-6-8-1-2-10(14)5-9(8)7-15/h3-4,8-10H,1-2,5-7,14H2/t8-,9+,10?/m1/s1. The third-order valence-electron chi connectivity index (χ3n) is 4.22. The fraction of sp³-hybridized carbons (Fsp3) is 0.667. The molecule has 2 aliphatic rings. The fourth-order valence-corrected chi connectivity index (χ4v) is 7.21. The Morgan fingerprint density at radius 2 is 2.05 bits per heavy atom. The molecule has 3 atom stereocenters. The third kappa shape index (κ3) is 2.51. The lowest BCUT2D eigenvalue weighted by atomic mass is 9.79. The second-order valence-electron chi connectivity index (χ2n) is 5.47. The van der Waals surface area contributed by atoms with Gasteiger partial charge in [-0.2, -0.15) is 4.31 Å². The molecule has 0 bridgehead atoms. The van der Waals surface area contributed by atoms with E-state index in [1.165, 1.54) is 11.3 Å². The van der Waals surface area contributed by atoms with Crippen LogP contribution in [0.2, 0.25) is 0 Å². The molecule has 2 fully saturated rings. The van der Waals surface area contributed by atoms with Gasteiger partial charge in [-0.15, -0.1) is 11.3 Å². The van der Waals surface area contributed by atoms with Gasteiger partial charge in [0.05, 0.1) is 0 Å². The summed E-state index contributed by atoms with van der Waals surface area (Å²) in [5.41, 5.74) is 5.99. The van der Waals surface area contributed by atoms with Crippen LogP contribution >= 0.6 is 27.3 Å². The van der Waals surface area contributed by atoms with Crippen molar-refractivity contribution in [2.45, 2.75) is 29.5 Å². The van der Waals surface area contributed by atoms with Crippen LogP contribution in [-0.4, -0.2) is 31.9 Å². The van der Waals surface area contributed by atoms with Gasteiger partial charge < -0.3 is 5.73 Å². The number of halogens is 1. The van der Waals surface area contributed by atoms with E-state index in [0.29, 0.717) is 33.6 Å². The fourth-order valence-electron chi connectivity index (χ4n) is 3.20. The summed E-state index contributed by atoms with van der Waals surface area (Å²) in [7, 11) is -3.34. The number of hydrogen-bond donors (Lipinski definition) is 1. The molecule has 1 saturated heterocycles. The molecule has 0 amide bonds. The number of rotatable bonds is 2. The Kier molecular flexibility index (Phi) is 3.77. The number of sulfonamides is 1. The van der Waals surface area contributed by atoms with Crippen LogP contribution in [0, 0.1) is 11.8 Å². The second kappa shape index (κ2) is 5.11. The van der Waals surface area contributed by atoms with E-state index in [4.69, 9.17) is 5.73 Å². The highest BCUT2D eigenvalue weighted by molar-refractivity contribution is 9.10. The van der Waals surface area contributed by atoms with Gasteiger partial charge >= 0.3 is 0 Å². The predicted octanol–water partition coefficient (Wildman–Crippen LogP) is 2.26.